The second-order valence-corrected chi connectivity index (χ2v) is 6.97. The van der Waals surface area contributed by atoms with Gasteiger partial charge in [0.05, 0.1) is 13.2 Å². The molecule has 29 heavy (non-hydrogen) atoms. The molecule has 0 bridgehead atoms. The summed E-state index contributed by atoms with van der Waals surface area (Å²) in [5.74, 6) is -0.758. The number of aryl methyl sites for hydroxylation is 1. The molecule has 10 heteroatoms. The smallest absolute Gasteiger partial charge is 0.378 e. The highest BCUT2D eigenvalue weighted by Gasteiger charge is 2.38. The Hall–Kier alpha value is -2.88. The average Bonchev–Trinajstić information content (AvgIpc) is 3.15. The lowest BCUT2D eigenvalue weighted by atomic mass is 10.1. The summed E-state index contributed by atoms with van der Waals surface area (Å²) in [4.78, 5) is 2.26. The third-order valence-electron chi connectivity index (χ3n) is 5.12. The number of halogens is 3. The van der Waals surface area contributed by atoms with Crippen LogP contribution in [-0.4, -0.2) is 46.1 Å². The van der Waals surface area contributed by atoms with Gasteiger partial charge in [-0.25, -0.2) is 0 Å². The number of nitrogens with one attached hydrogen (secondary N) is 1. The van der Waals surface area contributed by atoms with Gasteiger partial charge in [0.1, 0.15) is 0 Å². The molecule has 1 fully saturated rings. The summed E-state index contributed by atoms with van der Waals surface area (Å²) < 4.78 is 45.6. The van der Waals surface area contributed by atoms with Gasteiger partial charge in [0.25, 0.3) is 5.82 Å². The normalized spacial score (nSPS) is 15.1. The molecule has 1 saturated heterocycles. The van der Waals surface area contributed by atoms with Gasteiger partial charge in [-0.15, -0.1) is 15.3 Å². The van der Waals surface area contributed by atoms with E-state index in [9.17, 15) is 13.2 Å². The Balaban J connectivity index is 1.54. The van der Waals surface area contributed by atoms with Crippen LogP contribution in [0.1, 0.15) is 22.5 Å². The van der Waals surface area contributed by atoms with Gasteiger partial charge in [-0.05, 0) is 37.1 Å². The molecule has 0 saturated carbocycles. The van der Waals surface area contributed by atoms with Crippen molar-refractivity contribution in [1.29, 1.82) is 0 Å². The number of fused-ring (bicyclic) bond motifs is 1. The molecule has 0 radical (unpaired) electrons. The summed E-state index contributed by atoms with van der Waals surface area (Å²) in [6.07, 6.45) is -4.62. The van der Waals surface area contributed by atoms with Crippen LogP contribution in [0.3, 0.4) is 0 Å². The molecule has 0 spiro atoms. The molecule has 0 atom stereocenters. The molecular formula is C19H21F3N6O. The van der Waals surface area contributed by atoms with Gasteiger partial charge < -0.3 is 15.0 Å². The Morgan fingerprint density at radius 1 is 1.03 bits per heavy atom. The van der Waals surface area contributed by atoms with Crippen molar-refractivity contribution in [1.82, 2.24) is 19.8 Å². The van der Waals surface area contributed by atoms with E-state index < -0.39 is 12.0 Å². The molecule has 0 aliphatic carbocycles. The SMILES string of the molecule is Cc1c(NCc2ccc(N3CCOCC3)cc2)nn2c(C(F)(F)F)nnc2c1C. The van der Waals surface area contributed by atoms with Crippen molar-refractivity contribution in [3.8, 4) is 0 Å². The van der Waals surface area contributed by atoms with Crippen molar-refractivity contribution in [2.75, 3.05) is 36.5 Å². The van der Waals surface area contributed by atoms with E-state index in [2.05, 4.69) is 25.5 Å². The molecule has 4 rings (SSSR count). The van der Waals surface area contributed by atoms with E-state index >= 15 is 0 Å². The maximum Gasteiger partial charge on any atom is 0.453 e. The minimum Gasteiger partial charge on any atom is -0.378 e. The first-order chi connectivity index (χ1) is 13.8. The Labute approximate surface area is 165 Å². The standard InChI is InChI=1S/C19H21F3N6O/c1-12-13(2)17-24-25-18(19(20,21)22)28(17)26-16(12)23-11-14-3-5-15(6-4-14)27-7-9-29-10-8-27/h3-6H,7-11H2,1-2H3,(H,23,26). The fourth-order valence-corrected chi connectivity index (χ4v) is 3.31. The predicted molar refractivity (Wildman–Crippen MR) is 102 cm³/mol. The Morgan fingerprint density at radius 3 is 2.38 bits per heavy atom. The summed E-state index contributed by atoms with van der Waals surface area (Å²) in [5.41, 5.74) is 3.58. The highest BCUT2D eigenvalue weighted by Crippen LogP contribution is 2.29. The van der Waals surface area contributed by atoms with Crippen molar-refractivity contribution in [3.63, 3.8) is 0 Å². The second-order valence-electron chi connectivity index (χ2n) is 6.97. The first-order valence-corrected chi connectivity index (χ1v) is 9.30. The average molecular weight is 406 g/mol. The Bertz CT molecular complexity index is 1010. The Morgan fingerprint density at radius 2 is 1.72 bits per heavy atom. The van der Waals surface area contributed by atoms with E-state index in [1.807, 2.05) is 24.3 Å². The number of benzene rings is 1. The lowest BCUT2D eigenvalue weighted by Gasteiger charge is -2.28. The molecule has 1 aromatic carbocycles. The van der Waals surface area contributed by atoms with Crippen LogP contribution in [0.4, 0.5) is 24.7 Å². The number of nitrogens with zero attached hydrogens (tertiary/aromatic N) is 5. The molecule has 1 aliphatic rings. The van der Waals surface area contributed by atoms with E-state index in [1.165, 1.54) is 0 Å². The fraction of sp³-hybridized carbons (Fsp3) is 0.421. The third kappa shape index (κ3) is 3.84. The van der Waals surface area contributed by atoms with Crippen molar-refractivity contribution in [3.05, 3.63) is 46.8 Å². The summed E-state index contributed by atoms with van der Waals surface area (Å²) in [5, 5.41) is 14.2. The van der Waals surface area contributed by atoms with Crippen LogP contribution >= 0.6 is 0 Å². The van der Waals surface area contributed by atoms with Crippen molar-refractivity contribution < 1.29 is 17.9 Å². The minimum absolute atomic E-state index is 0.107. The van der Waals surface area contributed by atoms with Crippen molar-refractivity contribution in [2.24, 2.45) is 0 Å². The summed E-state index contributed by atoms with van der Waals surface area (Å²) >= 11 is 0. The first-order valence-electron chi connectivity index (χ1n) is 9.30. The minimum atomic E-state index is -4.62. The third-order valence-corrected chi connectivity index (χ3v) is 5.12. The van der Waals surface area contributed by atoms with Gasteiger partial charge in [0, 0.05) is 30.9 Å². The lowest BCUT2D eigenvalue weighted by Crippen LogP contribution is -2.36. The van der Waals surface area contributed by atoms with Crippen LogP contribution < -0.4 is 10.2 Å². The van der Waals surface area contributed by atoms with Crippen LogP contribution in [0.2, 0.25) is 0 Å². The predicted octanol–water partition coefficient (Wildman–Crippen LogP) is 3.21. The number of morpholine rings is 1. The zero-order valence-corrected chi connectivity index (χ0v) is 16.1. The van der Waals surface area contributed by atoms with E-state index in [0.717, 1.165) is 47.6 Å². The monoisotopic (exact) mass is 406 g/mol. The van der Waals surface area contributed by atoms with Crippen LogP contribution in [0.5, 0.6) is 0 Å². The Kier molecular flexibility index (Phi) is 5.03. The molecule has 0 unspecified atom stereocenters. The highest BCUT2D eigenvalue weighted by molar-refractivity contribution is 5.58. The molecular weight excluding hydrogens is 385 g/mol. The quantitative estimate of drug-likeness (QED) is 0.718. The van der Waals surface area contributed by atoms with Gasteiger partial charge in [0.15, 0.2) is 11.5 Å². The van der Waals surface area contributed by atoms with E-state index in [-0.39, 0.29) is 5.65 Å². The highest BCUT2D eigenvalue weighted by atomic mass is 19.4. The number of anilines is 2. The van der Waals surface area contributed by atoms with Gasteiger partial charge in [-0.2, -0.15) is 17.7 Å². The number of rotatable bonds is 4. The van der Waals surface area contributed by atoms with E-state index in [1.54, 1.807) is 13.8 Å². The molecule has 2 aromatic heterocycles. The van der Waals surface area contributed by atoms with Crippen LogP contribution in [-0.2, 0) is 17.5 Å². The summed E-state index contributed by atoms with van der Waals surface area (Å²) in [6.45, 7) is 7.11. The molecule has 3 heterocycles. The van der Waals surface area contributed by atoms with Crippen molar-refractivity contribution in [2.45, 2.75) is 26.6 Å². The van der Waals surface area contributed by atoms with Gasteiger partial charge >= 0.3 is 6.18 Å². The van der Waals surface area contributed by atoms with Gasteiger partial charge in [-0.1, -0.05) is 12.1 Å². The largest absolute Gasteiger partial charge is 0.453 e. The summed E-state index contributed by atoms with van der Waals surface area (Å²) in [7, 11) is 0. The van der Waals surface area contributed by atoms with Crippen molar-refractivity contribution >= 4 is 17.2 Å². The van der Waals surface area contributed by atoms with Crippen LogP contribution in [0.15, 0.2) is 24.3 Å². The second kappa shape index (κ2) is 7.51. The fourth-order valence-electron chi connectivity index (χ4n) is 3.31. The maximum absolute atomic E-state index is 13.2. The number of hydrogen-bond donors (Lipinski definition) is 1. The lowest BCUT2D eigenvalue weighted by molar-refractivity contribution is -0.146. The molecule has 7 nitrogen and oxygen atoms in total. The molecule has 3 aromatic rings. The number of aromatic nitrogens is 4. The number of hydrogen-bond acceptors (Lipinski definition) is 6. The van der Waals surface area contributed by atoms with Gasteiger partial charge in [0.2, 0.25) is 0 Å². The number of alkyl halides is 3. The van der Waals surface area contributed by atoms with E-state index in [4.69, 9.17) is 4.74 Å². The summed E-state index contributed by atoms with van der Waals surface area (Å²) in [6, 6.07) is 8.08. The van der Waals surface area contributed by atoms with Crippen LogP contribution in [0, 0.1) is 13.8 Å². The zero-order valence-electron chi connectivity index (χ0n) is 16.1. The first kappa shape index (κ1) is 19.4. The zero-order chi connectivity index (χ0) is 20.6. The van der Waals surface area contributed by atoms with Crippen LogP contribution in [0.25, 0.3) is 5.65 Å². The molecule has 154 valence electrons. The topological polar surface area (TPSA) is 67.6 Å². The van der Waals surface area contributed by atoms with Gasteiger partial charge in [-0.3, -0.25) is 0 Å². The molecule has 1 aliphatic heterocycles. The molecule has 0 amide bonds. The molecule has 1 N–H and O–H groups in total. The maximum atomic E-state index is 13.2. The van der Waals surface area contributed by atoms with E-state index in [0.29, 0.717) is 17.9 Å². The number of ether oxygens (including phenoxy) is 1.